The fourth-order valence-corrected chi connectivity index (χ4v) is 4.88. The molecule has 0 aliphatic carbocycles. The van der Waals surface area contributed by atoms with Gasteiger partial charge >= 0.3 is 0 Å². The van der Waals surface area contributed by atoms with E-state index in [2.05, 4.69) is 0 Å². The number of benzene rings is 4. The summed E-state index contributed by atoms with van der Waals surface area (Å²) in [5.41, 5.74) is 1.54. The molecule has 7 nitrogen and oxygen atoms in total. The van der Waals surface area contributed by atoms with Crippen molar-refractivity contribution in [2.24, 2.45) is 0 Å². The van der Waals surface area contributed by atoms with Gasteiger partial charge in [0.25, 0.3) is 11.7 Å². The van der Waals surface area contributed by atoms with E-state index in [0.717, 1.165) is 10.8 Å². The molecule has 1 saturated heterocycles. The fourth-order valence-electron chi connectivity index (χ4n) is 4.88. The summed E-state index contributed by atoms with van der Waals surface area (Å²) in [6.07, 6.45) is 0. The molecule has 7 heteroatoms. The molecule has 0 spiro atoms. The van der Waals surface area contributed by atoms with E-state index < -0.39 is 17.7 Å². The van der Waals surface area contributed by atoms with Crippen molar-refractivity contribution < 1.29 is 28.9 Å². The molecule has 1 unspecified atom stereocenters. The number of nitrogens with zero attached hydrogens (tertiary/aromatic N) is 1. The van der Waals surface area contributed by atoms with Crippen LogP contribution in [0.5, 0.6) is 17.2 Å². The molecule has 1 aliphatic rings. The van der Waals surface area contributed by atoms with Crippen molar-refractivity contribution in [1.29, 1.82) is 0 Å². The van der Waals surface area contributed by atoms with E-state index in [1.54, 1.807) is 48.5 Å². The number of ether oxygens (including phenoxy) is 3. The van der Waals surface area contributed by atoms with Gasteiger partial charge in [-0.05, 0) is 59.7 Å². The first-order chi connectivity index (χ1) is 18.5. The lowest BCUT2D eigenvalue weighted by Crippen LogP contribution is -2.29. The van der Waals surface area contributed by atoms with Gasteiger partial charge in [0.2, 0.25) is 0 Å². The van der Waals surface area contributed by atoms with Crippen LogP contribution in [0.1, 0.15) is 24.1 Å². The van der Waals surface area contributed by atoms with Crippen molar-refractivity contribution in [2.75, 3.05) is 25.7 Å². The quantitative estimate of drug-likeness (QED) is 0.190. The summed E-state index contributed by atoms with van der Waals surface area (Å²) in [6, 6.07) is 24.3. The zero-order valence-corrected chi connectivity index (χ0v) is 21.3. The standard InChI is InChI=1S/C31H27NO6/c1-4-38-22-15-13-21(14-16-22)32-28(20-12-17-25(36-2)26(18-20)37-3)27(30(34)31(32)35)29(33)24-11-7-9-19-8-5-6-10-23(19)24/h5-18,28,33H,4H2,1-3H3/b29-27+. The highest BCUT2D eigenvalue weighted by molar-refractivity contribution is 6.51. The topological polar surface area (TPSA) is 85.3 Å². The predicted molar refractivity (Wildman–Crippen MR) is 146 cm³/mol. The number of fused-ring (bicyclic) bond motifs is 1. The van der Waals surface area contributed by atoms with Gasteiger partial charge in [0.05, 0.1) is 32.4 Å². The number of carbonyl (C=O) groups excluding carboxylic acids is 2. The smallest absolute Gasteiger partial charge is 0.300 e. The van der Waals surface area contributed by atoms with Crippen molar-refractivity contribution in [2.45, 2.75) is 13.0 Å². The maximum Gasteiger partial charge on any atom is 0.300 e. The summed E-state index contributed by atoms with van der Waals surface area (Å²) in [4.78, 5) is 28.5. The minimum absolute atomic E-state index is 0.00698. The number of hydrogen-bond acceptors (Lipinski definition) is 6. The molecule has 5 rings (SSSR count). The van der Waals surface area contributed by atoms with E-state index in [-0.39, 0.29) is 11.3 Å². The number of hydrogen-bond donors (Lipinski definition) is 1. The number of anilines is 1. The van der Waals surface area contributed by atoms with E-state index in [4.69, 9.17) is 14.2 Å². The Hall–Kier alpha value is -4.78. The number of amides is 1. The van der Waals surface area contributed by atoms with Gasteiger partial charge in [-0.25, -0.2) is 0 Å². The second kappa shape index (κ2) is 10.3. The zero-order chi connectivity index (χ0) is 26.8. The van der Waals surface area contributed by atoms with E-state index >= 15 is 0 Å². The third-order valence-electron chi connectivity index (χ3n) is 6.64. The number of methoxy groups -OCH3 is 2. The number of ketones is 1. The summed E-state index contributed by atoms with van der Waals surface area (Å²) in [5, 5.41) is 13.3. The van der Waals surface area contributed by atoms with Crippen molar-refractivity contribution in [3.63, 3.8) is 0 Å². The Balaban J connectivity index is 1.74. The minimum Gasteiger partial charge on any atom is -0.507 e. The number of Topliss-reactive ketones (excluding diaryl/α,β-unsaturated/α-hetero) is 1. The molecule has 1 heterocycles. The molecule has 0 radical (unpaired) electrons. The van der Waals surface area contributed by atoms with Gasteiger partial charge in [-0.2, -0.15) is 0 Å². The molecule has 1 aliphatic heterocycles. The van der Waals surface area contributed by atoms with Gasteiger partial charge < -0.3 is 19.3 Å². The lowest BCUT2D eigenvalue weighted by Gasteiger charge is -2.26. The average Bonchev–Trinajstić information content (AvgIpc) is 3.22. The lowest BCUT2D eigenvalue weighted by molar-refractivity contribution is -0.132. The molecular formula is C31H27NO6. The Bertz CT molecular complexity index is 1550. The van der Waals surface area contributed by atoms with Gasteiger partial charge in [-0.15, -0.1) is 0 Å². The second-order valence-corrected chi connectivity index (χ2v) is 8.74. The molecule has 4 aromatic carbocycles. The summed E-state index contributed by atoms with van der Waals surface area (Å²) < 4.78 is 16.4. The fraction of sp³-hybridized carbons (Fsp3) is 0.161. The number of rotatable bonds is 7. The first-order valence-corrected chi connectivity index (χ1v) is 12.2. The van der Waals surface area contributed by atoms with Crippen molar-refractivity contribution in [1.82, 2.24) is 0 Å². The van der Waals surface area contributed by atoms with Crippen molar-refractivity contribution in [3.8, 4) is 17.2 Å². The summed E-state index contributed by atoms with van der Waals surface area (Å²) in [5.74, 6) is -0.171. The zero-order valence-electron chi connectivity index (χ0n) is 21.3. The van der Waals surface area contributed by atoms with Crippen LogP contribution in [0.15, 0.2) is 90.5 Å². The minimum atomic E-state index is -0.910. The summed E-state index contributed by atoms with van der Waals surface area (Å²) in [6.45, 7) is 2.39. The van der Waals surface area contributed by atoms with Crippen LogP contribution < -0.4 is 19.1 Å². The van der Waals surface area contributed by atoms with E-state index in [0.29, 0.717) is 40.7 Å². The molecule has 0 saturated carbocycles. The number of aliphatic hydroxyl groups excluding tert-OH is 1. The normalized spacial score (nSPS) is 16.6. The number of carbonyl (C=O) groups is 2. The van der Waals surface area contributed by atoms with Crippen LogP contribution in [0.2, 0.25) is 0 Å². The highest BCUT2D eigenvalue weighted by atomic mass is 16.5. The van der Waals surface area contributed by atoms with E-state index in [9.17, 15) is 14.7 Å². The van der Waals surface area contributed by atoms with Crippen LogP contribution in [0.3, 0.4) is 0 Å². The summed E-state index contributed by atoms with van der Waals surface area (Å²) >= 11 is 0. The second-order valence-electron chi connectivity index (χ2n) is 8.74. The molecule has 0 aromatic heterocycles. The maximum atomic E-state index is 13.6. The maximum absolute atomic E-state index is 13.6. The number of aliphatic hydroxyl groups is 1. The highest BCUT2D eigenvalue weighted by Crippen LogP contribution is 2.45. The third kappa shape index (κ3) is 4.22. The van der Waals surface area contributed by atoms with Crippen LogP contribution in [0.25, 0.3) is 16.5 Å². The Kier molecular flexibility index (Phi) is 6.75. The van der Waals surface area contributed by atoms with Gasteiger partial charge in [-0.1, -0.05) is 48.5 Å². The SMILES string of the molecule is CCOc1ccc(N2C(=O)C(=O)/C(=C(/O)c3cccc4ccccc34)C2c2ccc(OC)c(OC)c2)cc1. The molecule has 1 N–H and O–H groups in total. The molecule has 1 fully saturated rings. The van der Waals surface area contributed by atoms with Gasteiger partial charge in [0.15, 0.2) is 11.5 Å². The van der Waals surface area contributed by atoms with Crippen LogP contribution in [-0.2, 0) is 9.59 Å². The molecule has 4 aromatic rings. The molecule has 1 amide bonds. The Morgan fingerprint density at radius 3 is 2.29 bits per heavy atom. The molecule has 1 atom stereocenters. The monoisotopic (exact) mass is 509 g/mol. The lowest BCUT2D eigenvalue weighted by atomic mass is 9.93. The predicted octanol–water partition coefficient (Wildman–Crippen LogP) is 5.88. The van der Waals surface area contributed by atoms with Crippen molar-refractivity contribution >= 4 is 33.9 Å². The molecule has 0 bridgehead atoms. The Morgan fingerprint density at radius 1 is 0.868 bits per heavy atom. The Labute approximate surface area is 220 Å². The average molecular weight is 510 g/mol. The van der Waals surface area contributed by atoms with Crippen LogP contribution >= 0.6 is 0 Å². The van der Waals surface area contributed by atoms with Gasteiger partial charge in [0, 0.05) is 11.3 Å². The van der Waals surface area contributed by atoms with E-state index in [1.807, 2.05) is 43.3 Å². The first-order valence-electron chi connectivity index (χ1n) is 12.2. The van der Waals surface area contributed by atoms with Gasteiger partial charge in [-0.3, -0.25) is 14.5 Å². The highest BCUT2D eigenvalue weighted by Gasteiger charge is 2.47. The van der Waals surface area contributed by atoms with Crippen LogP contribution in [-0.4, -0.2) is 37.6 Å². The Morgan fingerprint density at radius 2 is 1.58 bits per heavy atom. The third-order valence-corrected chi connectivity index (χ3v) is 6.64. The molecule has 192 valence electrons. The summed E-state index contributed by atoms with van der Waals surface area (Å²) in [7, 11) is 3.05. The van der Waals surface area contributed by atoms with Crippen LogP contribution in [0.4, 0.5) is 5.69 Å². The van der Waals surface area contributed by atoms with Crippen LogP contribution in [0, 0.1) is 0 Å². The van der Waals surface area contributed by atoms with Crippen molar-refractivity contribution in [3.05, 3.63) is 102 Å². The van der Waals surface area contributed by atoms with E-state index in [1.165, 1.54) is 19.1 Å². The van der Waals surface area contributed by atoms with Gasteiger partial charge in [0.1, 0.15) is 11.5 Å². The first kappa shape index (κ1) is 24.9. The largest absolute Gasteiger partial charge is 0.507 e. The molecule has 38 heavy (non-hydrogen) atoms. The molecular weight excluding hydrogens is 482 g/mol.